The van der Waals surface area contributed by atoms with Gasteiger partial charge >= 0.3 is 0 Å². The average molecular weight is 462 g/mol. The number of aromatic nitrogens is 2. The Kier molecular flexibility index (Phi) is 7.45. The minimum atomic E-state index is 0.133. The van der Waals surface area contributed by atoms with Crippen molar-refractivity contribution in [2.75, 3.05) is 26.2 Å². The number of hydrogen-bond acceptors (Lipinski definition) is 4. The van der Waals surface area contributed by atoms with Crippen LogP contribution in [0.4, 0.5) is 0 Å². The third kappa shape index (κ3) is 5.28. The fourth-order valence-electron chi connectivity index (χ4n) is 5.95. The monoisotopic (exact) mass is 461 g/mol. The second kappa shape index (κ2) is 10.9. The lowest BCUT2D eigenvalue weighted by atomic mass is 9.89. The first-order valence-corrected chi connectivity index (χ1v) is 13.2. The number of allylic oxidation sites excluding steroid dienone is 1. The van der Waals surface area contributed by atoms with Crippen LogP contribution in [0.2, 0.25) is 0 Å². The van der Waals surface area contributed by atoms with Crippen LogP contribution in [-0.4, -0.2) is 63.8 Å². The van der Waals surface area contributed by atoms with Crippen molar-refractivity contribution in [2.45, 2.75) is 76.5 Å². The second-order valence-electron chi connectivity index (χ2n) is 10.2. The molecule has 1 aromatic heterocycles. The smallest absolute Gasteiger partial charge is 0.274 e. The summed E-state index contributed by atoms with van der Waals surface area (Å²) in [6, 6.07) is 11.8. The summed E-state index contributed by atoms with van der Waals surface area (Å²) in [5.41, 5.74) is 4.53. The Balaban J connectivity index is 1.21. The summed E-state index contributed by atoms with van der Waals surface area (Å²) in [6.07, 6.45) is 10.7. The SMILES string of the molecule is C=CCn1nc(C(=O)N2CCCCC2)c2c1CC[C@H](NC1CCN(Cc3ccccc3)CC1)C2. The lowest BCUT2D eigenvalue weighted by molar-refractivity contribution is 0.0716. The van der Waals surface area contributed by atoms with E-state index in [0.717, 1.165) is 64.8 Å². The van der Waals surface area contributed by atoms with Crippen LogP contribution >= 0.6 is 0 Å². The van der Waals surface area contributed by atoms with E-state index in [1.165, 1.54) is 36.1 Å². The van der Waals surface area contributed by atoms with Gasteiger partial charge in [0.25, 0.3) is 5.91 Å². The molecule has 1 atom stereocenters. The van der Waals surface area contributed by atoms with Crippen LogP contribution in [-0.2, 0) is 25.9 Å². The maximum atomic E-state index is 13.4. The number of nitrogens with one attached hydrogen (secondary N) is 1. The Hall–Kier alpha value is -2.44. The van der Waals surface area contributed by atoms with Crippen molar-refractivity contribution in [1.82, 2.24) is 24.9 Å². The highest BCUT2D eigenvalue weighted by Gasteiger charge is 2.32. The van der Waals surface area contributed by atoms with E-state index >= 15 is 0 Å². The Morgan fingerprint density at radius 1 is 1.03 bits per heavy atom. The van der Waals surface area contributed by atoms with Crippen LogP contribution in [0.5, 0.6) is 0 Å². The number of rotatable bonds is 7. The second-order valence-corrected chi connectivity index (χ2v) is 10.2. The molecule has 182 valence electrons. The summed E-state index contributed by atoms with van der Waals surface area (Å²) >= 11 is 0. The number of nitrogens with zero attached hydrogens (tertiary/aromatic N) is 4. The predicted molar refractivity (Wildman–Crippen MR) is 136 cm³/mol. The first kappa shape index (κ1) is 23.3. The van der Waals surface area contributed by atoms with Crippen LogP contribution in [0.15, 0.2) is 43.0 Å². The standard InChI is InChI=1S/C28H39N5O/c1-2-15-33-26-12-11-24(20-25(26)27(30-33)28(34)32-16-7-4-8-17-32)29-23-13-18-31(19-14-23)21-22-9-5-3-6-10-22/h2-3,5-6,9-10,23-24,29H,1,4,7-8,11-21H2/t24-/m0/s1. The van der Waals surface area contributed by atoms with Crippen molar-refractivity contribution >= 4 is 5.91 Å². The van der Waals surface area contributed by atoms with E-state index in [1.54, 1.807) is 0 Å². The van der Waals surface area contributed by atoms with Gasteiger partial charge in [0, 0.05) is 43.0 Å². The van der Waals surface area contributed by atoms with Crippen LogP contribution in [0.25, 0.3) is 0 Å². The quantitative estimate of drug-likeness (QED) is 0.637. The molecule has 6 nitrogen and oxygen atoms in total. The van der Waals surface area contributed by atoms with Gasteiger partial charge in [0.05, 0.1) is 6.54 Å². The molecule has 1 aromatic carbocycles. The summed E-state index contributed by atoms with van der Waals surface area (Å²) in [6.45, 7) is 9.63. The minimum Gasteiger partial charge on any atom is -0.337 e. The summed E-state index contributed by atoms with van der Waals surface area (Å²) in [5.74, 6) is 0.133. The van der Waals surface area contributed by atoms with Gasteiger partial charge in [0.15, 0.2) is 5.69 Å². The molecule has 0 spiro atoms. The summed E-state index contributed by atoms with van der Waals surface area (Å²) in [4.78, 5) is 18.0. The number of likely N-dealkylation sites (tertiary alicyclic amines) is 2. The highest BCUT2D eigenvalue weighted by atomic mass is 16.2. The minimum absolute atomic E-state index is 0.133. The molecule has 2 aromatic rings. The molecule has 2 saturated heterocycles. The van der Waals surface area contributed by atoms with Gasteiger partial charge in [-0.2, -0.15) is 5.10 Å². The average Bonchev–Trinajstić information content (AvgIpc) is 3.24. The van der Waals surface area contributed by atoms with Crippen LogP contribution in [0.3, 0.4) is 0 Å². The van der Waals surface area contributed by atoms with Gasteiger partial charge in [-0.25, -0.2) is 0 Å². The zero-order chi connectivity index (χ0) is 23.3. The first-order valence-electron chi connectivity index (χ1n) is 13.2. The Morgan fingerprint density at radius 2 is 1.79 bits per heavy atom. The molecular formula is C28H39N5O. The maximum absolute atomic E-state index is 13.4. The van der Waals surface area contributed by atoms with Gasteiger partial charge < -0.3 is 10.2 Å². The molecule has 2 aliphatic heterocycles. The van der Waals surface area contributed by atoms with Gasteiger partial charge in [-0.15, -0.1) is 6.58 Å². The van der Waals surface area contributed by atoms with Gasteiger partial charge in [-0.05, 0) is 70.0 Å². The van der Waals surface area contributed by atoms with Crippen LogP contribution in [0, 0.1) is 0 Å². The number of piperidine rings is 2. The molecule has 3 aliphatic rings. The molecule has 0 radical (unpaired) electrons. The number of hydrogen-bond donors (Lipinski definition) is 1. The number of carbonyl (C=O) groups excluding carboxylic acids is 1. The fourth-order valence-corrected chi connectivity index (χ4v) is 5.95. The zero-order valence-corrected chi connectivity index (χ0v) is 20.4. The van der Waals surface area contributed by atoms with Crippen molar-refractivity contribution in [3.05, 3.63) is 65.5 Å². The Morgan fingerprint density at radius 3 is 2.53 bits per heavy atom. The Labute approximate surface area is 204 Å². The van der Waals surface area contributed by atoms with Crippen molar-refractivity contribution in [3.8, 4) is 0 Å². The number of fused-ring (bicyclic) bond motifs is 1. The van der Waals surface area contributed by atoms with E-state index in [9.17, 15) is 4.79 Å². The van der Waals surface area contributed by atoms with Crippen LogP contribution < -0.4 is 5.32 Å². The molecule has 0 saturated carbocycles. The molecule has 1 N–H and O–H groups in total. The van der Waals surface area contributed by atoms with E-state index in [2.05, 4.69) is 47.1 Å². The lowest BCUT2D eigenvalue weighted by Crippen LogP contribution is -2.47. The maximum Gasteiger partial charge on any atom is 0.274 e. The van der Waals surface area contributed by atoms with Crippen molar-refractivity contribution < 1.29 is 4.79 Å². The van der Waals surface area contributed by atoms with E-state index in [-0.39, 0.29) is 5.91 Å². The van der Waals surface area contributed by atoms with Gasteiger partial charge in [-0.1, -0.05) is 36.4 Å². The van der Waals surface area contributed by atoms with Gasteiger partial charge in [-0.3, -0.25) is 14.4 Å². The number of amides is 1. The molecule has 0 bridgehead atoms. The van der Waals surface area contributed by atoms with Gasteiger partial charge in [0.2, 0.25) is 0 Å². The Bertz CT molecular complexity index is 970. The number of benzene rings is 1. The molecular weight excluding hydrogens is 422 g/mol. The molecule has 1 amide bonds. The van der Waals surface area contributed by atoms with Crippen LogP contribution in [0.1, 0.15) is 65.8 Å². The molecule has 5 rings (SSSR count). The molecule has 2 fully saturated rings. The van der Waals surface area contributed by atoms with Gasteiger partial charge in [0.1, 0.15) is 0 Å². The van der Waals surface area contributed by atoms with E-state index in [0.29, 0.717) is 24.3 Å². The predicted octanol–water partition coefficient (Wildman–Crippen LogP) is 3.81. The largest absolute Gasteiger partial charge is 0.337 e. The molecule has 1 aliphatic carbocycles. The normalized spacial score (nSPS) is 21.9. The third-order valence-corrected chi connectivity index (χ3v) is 7.80. The third-order valence-electron chi connectivity index (χ3n) is 7.80. The summed E-state index contributed by atoms with van der Waals surface area (Å²) in [5, 5.41) is 8.77. The van der Waals surface area contributed by atoms with E-state index < -0.39 is 0 Å². The first-order chi connectivity index (χ1) is 16.7. The van der Waals surface area contributed by atoms with Crippen molar-refractivity contribution in [1.29, 1.82) is 0 Å². The highest BCUT2D eigenvalue weighted by Crippen LogP contribution is 2.28. The zero-order valence-electron chi connectivity index (χ0n) is 20.4. The number of carbonyl (C=O) groups is 1. The molecule has 0 unspecified atom stereocenters. The van der Waals surface area contributed by atoms with Crippen molar-refractivity contribution in [2.24, 2.45) is 0 Å². The topological polar surface area (TPSA) is 53.4 Å². The highest BCUT2D eigenvalue weighted by molar-refractivity contribution is 5.94. The fraction of sp³-hybridized carbons (Fsp3) is 0.571. The molecule has 34 heavy (non-hydrogen) atoms. The van der Waals surface area contributed by atoms with E-state index in [1.807, 2.05) is 15.7 Å². The summed E-state index contributed by atoms with van der Waals surface area (Å²) in [7, 11) is 0. The lowest BCUT2D eigenvalue weighted by Gasteiger charge is -2.36. The van der Waals surface area contributed by atoms with Crippen molar-refractivity contribution in [3.63, 3.8) is 0 Å². The van der Waals surface area contributed by atoms with E-state index in [4.69, 9.17) is 5.10 Å². The summed E-state index contributed by atoms with van der Waals surface area (Å²) < 4.78 is 2.03. The molecule has 6 heteroatoms. The molecule has 3 heterocycles.